The van der Waals surface area contributed by atoms with Crippen molar-refractivity contribution in [2.24, 2.45) is 11.8 Å². The summed E-state index contributed by atoms with van der Waals surface area (Å²) in [6.45, 7) is 2.31. The summed E-state index contributed by atoms with van der Waals surface area (Å²) in [6, 6.07) is 0. The largest absolute Gasteiger partial charge is 0.468 e. The molecule has 1 aliphatic rings. The van der Waals surface area contributed by atoms with Crippen LogP contribution in [-0.4, -0.2) is 18.2 Å². The van der Waals surface area contributed by atoms with Crippen LogP contribution in [0.1, 0.15) is 58.3 Å². The monoisotopic (exact) mass is 270 g/mol. The summed E-state index contributed by atoms with van der Waals surface area (Å²) in [5.74, 6) is 2.19. The molecule has 0 N–H and O–H groups in total. The van der Waals surface area contributed by atoms with Crippen LogP contribution in [0.2, 0.25) is 4.55 Å². The minimum absolute atomic E-state index is 0.155. The predicted molar refractivity (Wildman–Crippen MR) is 69.1 cm³/mol. The van der Waals surface area contributed by atoms with E-state index in [1.807, 2.05) is 0 Å². The Labute approximate surface area is 105 Å². The van der Waals surface area contributed by atoms with E-state index in [4.69, 9.17) is 0 Å². The summed E-state index contributed by atoms with van der Waals surface area (Å²) in [5, 5.41) is 0. The molecule has 0 saturated heterocycles. The molecule has 0 aromatic heterocycles. The van der Waals surface area contributed by atoms with Crippen molar-refractivity contribution in [1.29, 1.82) is 0 Å². The zero-order chi connectivity index (χ0) is 10.2. The standard InChI is InChI=1S/C12H23.BrH.Mg/c1-3-5-6-12-9-7-11(4-2)8-10-12;;/h11-12H,2-10H2,1H3;1H;/q;;+1/p-1/t11-,12-;;. The lowest BCUT2D eigenvalue weighted by molar-refractivity contribution is 0.255. The maximum absolute atomic E-state index is 3.66. The van der Waals surface area contributed by atoms with Crippen LogP contribution in [-0.2, 0) is 0 Å². The molecule has 1 aliphatic carbocycles. The number of rotatable bonds is 6. The molecule has 1 rings (SSSR count). The maximum atomic E-state index is 3.66. The molecule has 0 aliphatic heterocycles. The van der Waals surface area contributed by atoms with Gasteiger partial charge in [0.05, 0.1) is 0 Å². The normalized spacial score (nSPS) is 27.3. The van der Waals surface area contributed by atoms with Gasteiger partial charge in [0, 0.05) is 0 Å². The smallest absolute Gasteiger partial charge is 0.307 e. The first-order valence-electron chi connectivity index (χ1n) is 6.42. The molecule has 0 atom stereocenters. The Balaban J connectivity index is 2.05. The third kappa shape index (κ3) is 5.36. The van der Waals surface area contributed by atoms with Gasteiger partial charge in [0.15, 0.2) is 0 Å². The third-order valence-corrected chi connectivity index (χ3v) is 6.04. The molecule has 1 saturated carbocycles. The first-order chi connectivity index (χ1) is 6.86. The van der Waals surface area contributed by atoms with E-state index in [2.05, 4.69) is 19.8 Å². The van der Waals surface area contributed by atoms with Crippen LogP contribution >= 0.6 is 12.9 Å². The quantitative estimate of drug-likeness (QED) is 0.608. The lowest BCUT2D eigenvalue weighted by Crippen LogP contribution is -2.14. The van der Waals surface area contributed by atoms with Crippen molar-refractivity contribution in [3.8, 4) is 0 Å². The second kappa shape index (κ2) is 8.40. The first kappa shape index (κ1) is 13.3. The zero-order valence-electron chi connectivity index (χ0n) is 9.60. The van der Waals surface area contributed by atoms with Gasteiger partial charge >= 0.3 is 18.2 Å². The van der Waals surface area contributed by atoms with Crippen LogP contribution in [0.4, 0.5) is 0 Å². The van der Waals surface area contributed by atoms with Gasteiger partial charge in [-0.15, -0.1) is 4.55 Å². The van der Waals surface area contributed by atoms with Crippen molar-refractivity contribution in [1.82, 2.24) is 0 Å². The summed E-state index contributed by atoms with van der Waals surface area (Å²) in [5.41, 5.74) is 0. The summed E-state index contributed by atoms with van der Waals surface area (Å²) < 4.78 is 1.52. The second-order valence-electron chi connectivity index (χ2n) is 4.86. The van der Waals surface area contributed by atoms with Gasteiger partial charge in [-0.25, -0.2) is 0 Å². The topological polar surface area (TPSA) is 0 Å². The molecule has 0 bridgehead atoms. The van der Waals surface area contributed by atoms with Crippen molar-refractivity contribution in [3.63, 3.8) is 0 Å². The summed E-state index contributed by atoms with van der Waals surface area (Å²) in [7, 11) is 0. The fourth-order valence-corrected chi connectivity index (χ4v) is 4.37. The molecule has 0 heterocycles. The van der Waals surface area contributed by atoms with E-state index in [-0.39, 0.29) is 18.2 Å². The van der Waals surface area contributed by atoms with Crippen LogP contribution in [0.25, 0.3) is 0 Å². The van der Waals surface area contributed by atoms with Gasteiger partial charge in [-0.2, -0.15) is 0 Å². The minimum Gasteiger partial charge on any atom is -0.307 e. The van der Waals surface area contributed by atoms with Gasteiger partial charge in [0.2, 0.25) is 0 Å². The molecule has 0 unspecified atom stereocenters. The van der Waals surface area contributed by atoms with Crippen LogP contribution in [0.3, 0.4) is 0 Å². The second-order valence-corrected chi connectivity index (χ2v) is 8.32. The van der Waals surface area contributed by atoms with Crippen molar-refractivity contribution in [2.75, 3.05) is 0 Å². The Kier molecular flexibility index (Phi) is 7.99. The molecule has 0 spiro atoms. The Bertz CT molecular complexity index is 114. The molecule has 0 nitrogen and oxygen atoms in total. The Morgan fingerprint density at radius 1 is 1.07 bits per heavy atom. The summed E-state index contributed by atoms with van der Waals surface area (Å²) >= 11 is 3.82. The number of hydrogen-bond acceptors (Lipinski definition) is 0. The zero-order valence-corrected chi connectivity index (χ0v) is 12.6. The lowest BCUT2D eigenvalue weighted by atomic mass is 9.79. The lowest BCUT2D eigenvalue weighted by Gasteiger charge is -2.28. The molecule has 80 valence electrons. The summed E-state index contributed by atoms with van der Waals surface area (Å²) in [6.07, 6.45) is 12.0. The van der Waals surface area contributed by atoms with Crippen LogP contribution < -0.4 is 0 Å². The first-order valence-corrected chi connectivity index (χ1v) is 11.3. The van der Waals surface area contributed by atoms with Gasteiger partial charge in [-0.1, -0.05) is 58.3 Å². The van der Waals surface area contributed by atoms with Crippen LogP contribution in [0.5, 0.6) is 0 Å². The van der Waals surface area contributed by atoms with Gasteiger partial charge < -0.3 is 12.9 Å². The van der Waals surface area contributed by atoms with E-state index in [1.54, 1.807) is 0 Å². The van der Waals surface area contributed by atoms with Gasteiger partial charge in [0.1, 0.15) is 0 Å². The van der Waals surface area contributed by atoms with Crippen molar-refractivity contribution < 1.29 is 0 Å². The highest BCUT2D eigenvalue weighted by Gasteiger charge is 2.19. The van der Waals surface area contributed by atoms with E-state index >= 15 is 0 Å². The Morgan fingerprint density at radius 2 is 1.64 bits per heavy atom. The Morgan fingerprint density at radius 3 is 2.14 bits per heavy atom. The van der Waals surface area contributed by atoms with Crippen LogP contribution in [0.15, 0.2) is 0 Å². The SMILES string of the molecule is CCCC[C@H]1CC[C@H](C[CH2][Mg][Br])CC1. The predicted octanol–water partition coefficient (Wildman–Crippen LogP) is 4.81. The molecule has 1 fully saturated rings. The highest BCUT2D eigenvalue weighted by Crippen LogP contribution is 2.34. The van der Waals surface area contributed by atoms with Crippen molar-refractivity contribution in [3.05, 3.63) is 0 Å². The highest BCUT2D eigenvalue weighted by molar-refractivity contribution is 9.23. The molecule has 0 radical (unpaired) electrons. The Hall–Kier alpha value is 1.25. The fraction of sp³-hybridized carbons (Fsp3) is 1.00. The number of unbranched alkanes of at least 4 members (excludes halogenated alkanes) is 1. The molecule has 0 aromatic rings. The fourth-order valence-electron chi connectivity index (χ4n) is 2.67. The van der Waals surface area contributed by atoms with E-state index in [0.29, 0.717) is 0 Å². The molecular formula is C12H23BrMg. The number of halogens is 1. The van der Waals surface area contributed by atoms with E-state index < -0.39 is 0 Å². The maximum Gasteiger partial charge on any atom is 0.468 e. The number of hydrogen-bond donors (Lipinski definition) is 0. The van der Waals surface area contributed by atoms with Gasteiger partial charge in [-0.3, -0.25) is 0 Å². The van der Waals surface area contributed by atoms with Crippen LogP contribution in [0, 0.1) is 11.8 Å². The van der Waals surface area contributed by atoms with E-state index in [1.165, 1.54) is 55.9 Å². The molecule has 0 aromatic carbocycles. The average molecular weight is 272 g/mol. The average Bonchev–Trinajstić information content (AvgIpc) is 2.25. The third-order valence-electron chi connectivity index (χ3n) is 3.68. The molecule has 14 heavy (non-hydrogen) atoms. The minimum atomic E-state index is 0.155. The van der Waals surface area contributed by atoms with E-state index in [9.17, 15) is 0 Å². The molecule has 2 heteroatoms. The van der Waals surface area contributed by atoms with Gasteiger partial charge in [0.25, 0.3) is 0 Å². The van der Waals surface area contributed by atoms with Crippen molar-refractivity contribution in [2.45, 2.75) is 62.8 Å². The van der Waals surface area contributed by atoms with Crippen molar-refractivity contribution >= 4 is 31.1 Å². The highest BCUT2D eigenvalue weighted by atomic mass is 79.9. The molecule has 0 amide bonds. The van der Waals surface area contributed by atoms with Gasteiger partial charge in [-0.05, 0) is 11.8 Å². The summed E-state index contributed by atoms with van der Waals surface area (Å²) in [4.78, 5) is 0. The van der Waals surface area contributed by atoms with E-state index in [0.717, 1.165) is 11.8 Å². The molecular weight excluding hydrogens is 248 g/mol.